The highest BCUT2D eigenvalue weighted by Gasteiger charge is 2.22. The molecule has 0 saturated heterocycles. The fourth-order valence-corrected chi connectivity index (χ4v) is 1.60. The van der Waals surface area contributed by atoms with Crippen LogP contribution in [0, 0.1) is 0 Å². The summed E-state index contributed by atoms with van der Waals surface area (Å²) in [5, 5.41) is 4.18. The van der Waals surface area contributed by atoms with E-state index >= 15 is 0 Å². The first-order valence-corrected chi connectivity index (χ1v) is 5.33. The maximum Gasteiger partial charge on any atom is 0.262 e. The Kier molecular flexibility index (Phi) is 3.72. The number of fused-ring (bicyclic) bond motifs is 1. The molecule has 0 saturated carbocycles. The van der Waals surface area contributed by atoms with Gasteiger partial charge in [-0.05, 0) is 12.1 Å². The van der Waals surface area contributed by atoms with Gasteiger partial charge in [-0.25, -0.2) is 9.58 Å². The predicted octanol–water partition coefficient (Wildman–Crippen LogP) is 2.31. The third-order valence-electron chi connectivity index (χ3n) is 2.42. The molecule has 0 fully saturated rings. The Morgan fingerprint density at radius 1 is 1.07 bits per heavy atom. The highest BCUT2D eigenvalue weighted by molar-refractivity contribution is 5.70. The van der Waals surface area contributed by atoms with Gasteiger partial charge in [0.05, 0.1) is 7.05 Å². The molecule has 0 radical (unpaired) electrons. The first-order valence-electron chi connectivity index (χ1n) is 5.33. The average molecular weight is 206 g/mol. The smallest absolute Gasteiger partial charge is 0.233 e. The topological polar surface area (TPSA) is 9.49 Å². The average Bonchev–Trinajstić information content (AvgIpc) is 2.29. The summed E-state index contributed by atoms with van der Waals surface area (Å²) in [6.45, 7) is 4.00. The molecule has 0 aliphatic carbocycles. The molecule has 1 aliphatic heterocycles. The van der Waals surface area contributed by atoms with E-state index in [1.807, 2.05) is 20.9 Å². The third-order valence-corrected chi connectivity index (χ3v) is 2.42. The van der Waals surface area contributed by atoms with E-state index in [0.29, 0.717) is 0 Å². The van der Waals surface area contributed by atoms with Crippen molar-refractivity contribution in [3.05, 3.63) is 24.3 Å². The number of para-hydroxylation sites is 2. The molecule has 0 unspecified atom stereocenters. The molecule has 1 aliphatic rings. The van der Waals surface area contributed by atoms with Crippen molar-refractivity contribution in [1.82, 2.24) is 5.01 Å². The standard InChI is InChI=1S/C10H14N3.C2H6/c1-11-8-12(2)13(3)10-7-5-4-6-9(10)11;1-2/h4-8H,1-3H3;1-2H3/q+1;. The maximum atomic E-state index is 2.12. The molecule has 0 N–H and O–H groups in total. The van der Waals surface area contributed by atoms with Crippen molar-refractivity contribution in [2.75, 3.05) is 26.2 Å². The molecule has 2 rings (SSSR count). The second-order valence-electron chi connectivity index (χ2n) is 3.31. The molecule has 0 atom stereocenters. The Labute approximate surface area is 92.2 Å². The maximum absolute atomic E-state index is 2.12. The SMILES string of the molecule is CC.CN1C=[N+](C)c2ccccc2N1C. The van der Waals surface area contributed by atoms with E-state index < -0.39 is 0 Å². The summed E-state index contributed by atoms with van der Waals surface area (Å²) >= 11 is 0. The molecule has 0 aromatic heterocycles. The van der Waals surface area contributed by atoms with E-state index in [2.05, 4.69) is 59.3 Å². The quantitative estimate of drug-likeness (QED) is 0.603. The van der Waals surface area contributed by atoms with Gasteiger partial charge >= 0.3 is 0 Å². The van der Waals surface area contributed by atoms with E-state index in [4.69, 9.17) is 0 Å². The lowest BCUT2D eigenvalue weighted by Gasteiger charge is -2.27. The molecule has 1 heterocycles. The van der Waals surface area contributed by atoms with Crippen molar-refractivity contribution in [3.63, 3.8) is 0 Å². The molecule has 3 heteroatoms. The van der Waals surface area contributed by atoms with Gasteiger partial charge in [0.2, 0.25) is 0 Å². The van der Waals surface area contributed by atoms with Crippen LogP contribution in [0.4, 0.5) is 11.4 Å². The molecule has 1 aromatic carbocycles. The molecule has 0 spiro atoms. The summed E-state index contributed by atoms with van der Waals surface area (Å²) in [6, 6.07) is 8.36. The number of anilines is 1. The fourth-order valence-electron chi connectivity index (χ4n) is 1.60. The minimum atomic E-state index is 1.23. The minimum absolute atomic E-state index is 1.23. The van der Waals surface area contributed by atoms with Gasteiger partial charge in [-0.2, -0.15) is 5.01 Å². The molecular weight excluding hydrogens is 186 g/mol. The second-order valence-corrected chi connectivity index (χ2v) is 3.31. The van der Waals surface area contributed by atoms with Crippen LogP contribution < -0.4 is 5.01 Å². The Balaban J connectivity index is 0.000000531. The van der Waals surface area contributed by atoms with Crippen LogP contribution in [0.5, 0.6) is 0 Å². The Morgan fingerprint density at radius 3 is 2.33 bits per heavy atom. The normalized spacial score (nSPS) is 13.8. The predicted molar refractivity (Wildman–Crippen MR) is 65.9 cm³/mol. The molecule has 3 nitrogen and oxygen atoms in total. The molecule has 0 amide bonds. The lowest BCUT2D eigenvalue weighted by atomic mass is 10.2. The van der Waals surface area contributed by atoms with Crippen LogP contribution in [0.25, 0.3) is 0 Å². The number of hydrogen-bond donors (Lipinski definition) is 0. The molecule has 0 bridgehead atoms. The summed E-state index contributed by atoms with van der Waals surface area (Å²) in [6.07, 6.45) is 2.06. The first-order chi connectivity index (χ1) is 7.20. The van der Waals surface area contributed by atoms with Crippen molar-refractivity contribution in [3.8, 4) is 0 Å². The van der Waals surface area contributed by atoms with Gasteiger partial charge in [-0.1, -0.05) is 26.0 Å². The fraction of sp³-hybridized carbons (Fsp3) is 0.417. The van der Waals surface area contributed by atoms with E-state index in [9.17, 15) is 0 Å². The van der Waals surface area contributed by atoms with Gasteiger partial charge in [0.1, 0.15) is 12.7 Å². The van der Waals surface area contributed by atoms with E-state index in [0.717, 1.165) is 0 Å². The summed E-state index contributed by atoms with van der Waals surface area (Å²) in [5.74, 6) is 0. The minimum Gasteiger partial charge on any atom is -0.233 e. The van der Waals surface area contributed by atoms with Crippen molar-refractivity contribution in [2.45, 2.75) is 13.8 Å². The zero-order chi connectivity index (χ0) is 11.4. The van der Waals surface area contributed by atoms with Crippen LogP contribution in [0.3, 0.4) is 0 Å². The van der Waals surface area contributed by atoms with Crippen molar-refractivity contribution in [2.24, 2.45) is 0 Å². The van der Waals surface area contributed by atoms with E-state index in [-0.39, 0.29) is 0 Å². The third kappa shape index (κ3) is 2.12. The molecule has 1 aromatic rings. The second kappa shape index (κ2) is 4.82. The zero-order valence-corrected chi connectivity index (χ0v) is 10.2. The van der Waals surface area contributed by atoms with E-state index in [1.54, 1.807) is 0 Å². The van der Waals surface area contributed by atoms with Crippen molar-refractivity contribution < 1.29 is 4.58 Å². The van der Waals surface area contributed by atoms with Crippen LogP contribution in [-0.2, 0) is 0 Å². The van der Waals surface area contributed by atoms with Crippen LogP contribution >= 0.6 is 0 Å². The van der Waals surface area contributed by atoms with Crippen LogP contribution in [0.1, 0.15) is 13.8 Å². The van der Waals surface area contributed by atoms with Crippen LogP contribution in [0.2, 0.25) is 0 Å². The summed E-state index contributed by atoms with van der Waals surface area (Å²) in [4.78, 5) is 0. The van der Waals surface area contributed by atoms with Gasteiger partial charge in [-0.15, -0.1) is 0 Å². The summed E-state index contributed by atoms with van der Waals surface area (Å²) < 4.78 is 2.12. The van der Waals surface area contributed by atoms with Gasteiger partial charge in [0.25, 0.3) is 6.34 Å². The lowest BCUT2D eigenvalue weighted by Crippen LogP contribution is -2.40. The number of rotatable bonds is 0. The van der Waals surface area contributed by atoms with Crippen molar-refractivity contribution in [1.29, 1.82) is 0 Å². The van der Waals surface area contributed by atoms with Crippen molar-refractivity contribution >= 4 is 17.7 Å². The Hall–Kier alpha value is -1.51. The van der Waals surface area contributed by atoms with Crippen LogP contribution in [0.15, 0.2) is 24.3 Å². The van der Waals surface area contributed by atoms with E-state index in [1.165, 1.54) is 11.4 Å². The summed E-state index contributed by atoms with van der Waals surface area (Å²) in [5.41, 5.74) is 2.47. The Bertz CT molecular complexity index is 358. The monoisotopic (exact) mass is 206 g/mol. The van der Waals surface area contributed by atoms with Gasteiger partial charge in [0, 0.05) is 7.05 Å². The molecular formula is C12H20N3+. The largest absolute Gasteiger partial charge is 0.262 e. The van der Waals surface area contributed by atoms with Gasteiger partial charge < -0.3 is 0 Å². The van der Waals surface area contributed by atoms with Crippen LogP contribution in [-0.4, -0.2) is 37.1 Å². The summed E-state index contributed by atoms with van der Waals surface area (Å²) in [7, 11) is 6.15. The Morgan fingerprint density at radius 2 is 1.67 bits per heavy atom. The zero-order valence-electron chi connectivity index (χ0n) is 10.2. The highest BCUT2D eigenvalue weighted by Crippen LogP contribution is 2.28. The lowest BCUT2D eigenvalue weighted by molar-refractivity contribution is -0.407. The number of nitrogens with zero attached hydrogens (tertiary/aromatic N) is 3. The number of hydrogen-bond acceptors (Lipinski definition) is 2. The number of hydrazine groups is 1. The van der Waals surface area contributed by atoms with Gasteiger partial charge in [0.15, 0.2) is 5.69 Å². The first kappa shape index (κ1) is 11.6. The highest BCUT2D eigenvalue weighted by atomic mass is 15.6. The molecule has 82 valence electrons. The van der Waals surface area contributed by atoms with Gasteiger partial charge in [-0.3, -0.25) is 0 Å². The molecule has 15 heavy (non-hydrogen) atoms. The number of benzene rings is 1.